The number of aromatic nitrogens is 1. The van der Waals surface area contributed by atoms with E-state index < -0.39 is 23.6 Å². The number of carbonyl (C=O) groups is 1. The second-order valence-corrected chi connectivity index (χ2v) is 7.31. The first-order valence-electron chi connectivity index (χ1n) is 8.78. The van der Waals surface area contributed by atoms with Crippen LogP contribution in [0, 0.1) is 0 Å². The van der Waals surface area contributed by atoms with Crippen LogP contribution in [-0.2, 0) is 11.0 Å². The predicted octanol–water partition coefficient (Wildman–Crippen LogP) is 5.13. The van der Waals surface area contributed by atoms with E-state index in [0.29, 0.717) is 28.5 Å². The number of nitrogen functional groups attached to an aromatic ring is 1. The largest absolute Gasteiger partial charge is 0.416 e. The number of primary amides is 1. The molecule has 5 nitrogen and oxygen atoms in total. The Hall–Kier alpha value is -3.07. The number of halogens is 3. The summed E-state index contributed by atoms with van der Waals surface area (Å²) >= 11 is 1.24. The van der Waals surface area contributed by atoms with E-state index in [2.05, 4.69) is 10.3 Å². The highest BCUT2D eigenvalue weighted by Crippen LogP contribution is 2.35. The molecule has 1 amide bonds. The van der Waals surface area contributed by atoms with Gasteiger partial charge in [-0.1, -0.05) is 19.1 Å². The van der Waals surface area contributed by atoms with E-state index in [0.717, 1.165) is 17.7 Å². The lowest BCUT2D eigenvalue weighted by Gasteiger charge is -2.13. The average Bonchev–Trinajstić information content (AvgIpc) is 3.11. The van der Waals surface area contributed by atoms with Crippen molar-refractivity contribution in [1.29, 1.82) is 0 Å². The monoisotopic (exact) mass is 420 g/mol. The Morgan fingerprint density at radius 1 is 1.24 bits per heavy atom. The number of nitrogens with two attached hydrogens (primary N) is 2. The van der Waals surface area contributed by atoms with Crippen molar-refractivity contribution in [2.24, 2.45) is 5.73 Å². The molecule has 0 aliphatic carbocycles. The summed E-state index contributed by atoms with van der Waals surface area (Å²) in [5, 5.41) is 5.05. The van der Waals surface area contributed by atoms with Crippen molar-refractivity contribution in [1.82, 2.24) is 4.98 Å². The molecule has 152 valence electrons. The minimum Gasteiger partial charge on any atom is -0.398 e. The fraction of sp³-hybridized carbons (Fsp3) is 0.200. The van der Waals surface area contributed by atoms with Crippen molar-refractivity contribution < 1.29 is 18.0 Å². The van der Waals surface area contributed by atoms with Gasteiger partial charge in [0.1, 0.15) is 0 Å². The van der Waals surface area contributed by atoms with Gasteiger partial charge in [0.25, 0.3) is 0 Å². The number of anilines is 3. The maximum Gasteiger partial charge on any atom is 0.416 e. The van der Waals surface area contributed by atoms with Crippen molar-refractivity contribution >= 4 is 33.8 Å². The van der Waals surface area contributed by atoms with Crippen molar-refractivity contribution in [3.8, 4) is 11.3 Å². The van der Waals surface area contributed by atoms with E-state index in [1.807, 2.05) is 6.92 Å². The number of thiazole rings is 1. The van der Waals surface area contributed by atoms with E-state index in [1.165, 1.54) is 23.5 Å². The summed E-state index contributed by atoms with van der Waals surface area (Å²) in [6.07, 6.45) is -3.87. The fourth-order valence-electron chi connectivity index (χ4n) is 2.97. The number of nitrogens with zero attached hydrogens (tertiary/aromatic N) is 1. The van der Waals surface area contributed by atoms with Crippen molar-refractivity contribution in [2.75, 3.05) is 11.1 Å². The molecule has 0 radical (unpaired) electrons. The molecule has 0 saturated carbocycles. The minimum atomic E-state index is -4.42. The Labute approximate surface area is 169 Å². The fourth-order valence-corrected chi connectivity index (χ4v) is 3.70. The van der Waals surface area contributed by atoms with E-state index in [9.17, 15) is 18.0 Å². The molecule has 2 aromatic carbocycles. The summed E-state index contributed by atoms with van der Waals surface area (Å²) in [4.78, 5) is 16.1. The van der Waals surface area contributed by atoms with Crippen LogP contribution in [0.15, 0.2) is 47.8 Å². The first-order valence-corrected chi connectivity index (χ1v) is 9.66. The normalized spacial score (nSPS) is 12.6. The van der Waals surface area contributed by atoms with E-state index in [4.69, 9.17) is 11.5 Å². The summed E-state index contributed by atoms with van der Waals surface area (Å²) in [7, 11) is 0. The molecular weight excluding hydrogens is 401 g/mol. The summed E-state index contributed by atoms with van der Waals surface area (Å²) in [6.45, 7) is 1.87. The minimum absolute atomic E-state index is 0.280. The zero-order valence-corrected chi connectivity index (χ0v) is 16.3. The lowest BCUT2D eigenvalue weighted by molar-refractivity contribution is -0.137. The van der Waals surface area contributed by atoms with Crippen LogP contribution in [0.4, 0.5) is 29.7 Å². The van der Waals surface area contributed by atoms with Gasteiger partial charge in [0.2, 0.25) is 5.91 Å². The Kier molecular flexibility index (Phi) is 5.78. The van der Waals surface area contributed by atoms with Crippen LogP contribution in [-0.4, -0.2) is 10.9 Å². The smallest absolute Gasteiger partial charge is 0.398 e. The molecular formula is C20H19F3N4OS. The molecule has 3 rings (SSSR count). The van der Waals surface area contributed by atoms with Gasteiger partial charge in [-0.25, -0.2) is 4.98 Å². The standard InChI is InChI=1S/C20H19F3N4OS/c1-2-14(18(25)28)11-6-7-16(24)15(8-11)17-10-29-19(27-17)26-13-5-3-4-12(9-13)20(21,22)23/h3-10,14H,2,24H2,1H3,(H2,25,28)(H,26,27). The Balaban J connectivity index is 1.88. The molecule has 0 bridgehead atoms. The molecule has 1 aromatic heterocycles. The number of alkyl halides is 3. The number of rotatable bonds is 6. The Bertz CT molecular complexity index is 1030. The third-order valence-corrected chi connectivity index (χ3v) is 5.21. The van der Waals surface area contributed by atoms with Crippen LogP contribution in [0.3, 0.4) is 0 Å². The van der Waals surface area contributed by atoms with E-state index in [-0.39, 0.29) is 5.69 Å². The second kappa shape index (κ2) is 8.12. The zero-order valence-electron chi connectivity index (χ0n) is 15.5. The molecule has 9 heteroatoms. The molecule has 1 heterocycles. The molecule has 1 unspecified atom stereocenters. The number of carbonyl (C=O) groups excluding carboxylic acids is 1. The summed E-state index contributed by atoms with van der Waals surface area (Å²) in [6, 6.07) is 10.1. The van der Waals surface area contributed by atoms with Gasteiger partial charge in [0.15, 0.2) is 5.13 Å². The molecule has 0 spiro atoms. The zero-order chi connectivity index (χ0) is 21.2. The van der Waals surface area contributed by atoms with Gasteiger partial charge in [-0.15, -0.1) is 11.3 Å². The van der Waals surface area contributed by atoms with Crippen LogP contribution >= 0.6 is 11.3 Å². The highest BCUT2D eigenvalue weighted by Gasteiger charge is 2.30. The van der Waals surface area contributed by atoms with Crippen LogP contribution in [0.1, 0.15) is 30.4 Å². The van der Waals surface area contributed by atoms with E-state index >= 15 is 0 Å². The number of benzene rings is 2. The molecule has 0 aliphatic heterocycles. The number of nitrogens with one attached hydrogen (secondary N) is 1. The highest BCUT2D eigenvalue weighted by atomic mass is 32.1. The third kappa shape index (κ3) is 4.68. The molecule has 0 fully saturated rings. The molecule has 3 aromatic rings. The van der Waals surface area contributed by atoms with Gasteiger partial charge >= 0.3 is 6.18 Å². The topological polar surface area (TPSA) is 94.0 Å². The van der Waals surface area contributed by atoms with Gasteiger partial charge in [0, 0.05) is 22.3 Å². The van der Waals surface area contributed by atoms with E-state index in [1.54, 1.807) is 23.6 Å². The van der Waals surface area contributed by atoms with Crippen molar-refractivity contribution in [2.45, 2.75) is 25.4 Å². The molecule has 0 aliphatic rings. The van der Waals surface area contributed by atoms with Crippen LogP contribution in [0.2, 0.25) is 0 Å². The first kappa shape index (κ1) is 20.7. The summed E-state index contributed by atoms with van der Waals surface area (Å²) < 4.78 is 38.6. The SMILES string of the molecule is CCC(C(N)=O)c1ccc(N)c(-c2csc(Nc3cccc(C(F)(F)F)c3)n2)c1. The van der Waals surface area contributed by atoms with Gasteiger partial charge in [-0.3, -0.25) is 4.79 Å². The average molecular weight is 420 g/mol. The van der Waals surface area contributed by atoms with Gasteiger partial charge < -0.3 is 16.8 Å². The van der Waals surface area contributed by atoms with Gasteiger partial charge in [-0.05, 0) is 42.3 Å². The first-order chi connectivity index (χ1) is 13.7. The van der Waals surface area contributed by atoms with Gasteiger partial charge in [0.05, 0.1) is 17.2 Å². The lowest BCUT2D eigenvalue weighted by atomic mass is 9.93. The predicted molar refractivity (Wildman–Crippen MR) is 109 cm³/mol. The Morgan fingerprint density at radius 2 is 2.00 bits per heavy atom. The van der Waals surface area contributed by atoms with Crippen molar-refractivity contribution in [3.05, 3.63) is 59.0 Å². The van der Waals surface area contributed by atoms with Crippen molar-refractivity contribution in [3.63, 3.8) is 0 Å². The molecule has 0 saturated heterocycles. The highest BCUT2D eigenvalue weighted by molar-refractivity contribution is 7.14. The third-order valence-electron chi connectivity index (χ3n) is 4.45. The number of amides is 1. The quantitative estimate of drug-likeness (QED) is 0.482. The van der Waals surface area contributed by atoms with Crippen LogP contribution < -0.4 is 16.8 Å². The summed E-state index contributed by atoms with van der Waals surface area (Å²) in [5.41, 5.74) is 13.5. The maximum absolute atomic E-state index is 12.9. The molecule has 1 atom stereocenters. The maximum atomic E-state index is 12.9. The summed E-state index contributed by atoms with van der Waals surface area (Å²) in [5.74, 6) is -0.857. The molecule has 5 N–H and O–H groups in total. The van der Waals surface area contributed by atoms with Crippen LogP contribution in [0.5, 0.6) is 0 Å². The van der Waals surface area contributed by atoms with Gasteiger partial charge in [-0.2, -0.15) is 13.2 Å². The number of hydrogen-bond donors (Lipinski definition) is 3. The molecule has 29 heavy (non-hydrogen) atoms. The number of hydrogen-bond acceptors (Lipinski definition) is 5. The van der Waals surface area contributed by atoms with Crippen LogP contribution in [0.25, 0.3) is 11.3 Å². The second-order valence-electron chi connectivity index (χ2n) is 6.45. The Morgan fingerprint density at radius 3 is 2.66 bits per heavy atom. The lowest BCUT2D eigenvalue weighted by Crippen LogP contribution is -2.20.